The Hall–Kier alpha value is 1.10. The molecule has 0 aliphatic heterocycles. The maximum atomic E-state index is 11.9. The van der Waals surface area contributed by atoms with Gasteiger partial charge in [-0.2, -0.15) is 8.42 Å². The van der Waals surface area contributed by atoms with Gasteiger partial charge in [0.2, 0.25) is 0 Å². The first-order valence-electron chi connectivity index (χ1n) is 4.79. The summed E-state index contributed by atoms with van der Waals surface area (Å²) in [5.74, 6) is -0.0582. The summed E-state index contributed by atoms with van der Waals surface area (Å²) in [5, 5.41) is 0. The Morgan fingerprint density at radius 1 is 1.19 bits per heavy atom. The monoisotopic (exact) mass is 282 g/mol. The van der Waals surface area contributed by atoms with Crippen molar-refractivity contribution in [3.63, 3.8) is 0 Å². The summed E-state index contributed by atoms with van der Waals surface area (Å²) in [5.41, 5.74) is 0. The Labute approximate surface area is 120 Å². The number of hydrogen-bond donors (Lipinski definition) is 1. The summed E-state index contributed by atoms with van der Waals surface area (Å²) in [7, 11) is -4.62. The zero-order valence-corrected chi connectivity index (χ0v) is 11.2. The van der Waals surface area contributed by atoms with E-state index in [-0.39, 0.29) is 54.2 Å². The molecule has 0 aromatic heterocycles. The van der Waals surface area contributed by atoms with E-state index in [1.54, 1.807) is 13.8 Å². The molecule has 0 bridgehead atoms. The first-order valence-corrected chi connectivity index (χ1v) is 8.65. The second-order valence-electron chi connectivity index (χ2n) is 4.32. The van der Waals surface area contributed by atoms with Crippen molar-refractivity contribution in [3.8, 4) is 0 Å². The minimum atomic E-state index is -4.62. The first-order chi connectivity index (χ1) is 6.58. The van der Waals surface area contributed by atoms with Crippen LogP contribution < -0.4 is 0 Å². The van der Waals surface area contributed by atoms with Crippen LogP contribution in [0.5, 0.6) is 0 Å². The van der Waals surface area contributed by atoms with Gasteiger partial charge < -0.3 is 4.52 Å². The van der Waals surface area contributed by atoms with E-state index in [0.717, 1.165) is 0 Å². The number of hydrogen-bond acceptors (Lipinski definition) is 4. The van der Waals surface area contributed by atoms with Gasteiger partial charge in [-0.15, -0.1) is 0 Å². The molecule has 5 nitrogen and oxygen atoms in total. The molecule has 1 N–H and O–H groups in total. The van der Waals surface area contributed by atoms with Crippen LogP contribution in [0.15, 0.2) is 0 Å². The van der Waals surface area contributed by atoms with Gasteiger partial charge in [-0.25, -0.2) is 0 Å². The van der Waals surface area contributed by atoms with Crippen molar-refractivity contribution >= 4 is 45.9 Å². The van der Waals surface area contributed by atoms with Crippen molar-refractivity contribution in [1.82, 2.24) is 0 Å². The van der Waals surface area contributed by atoms with Crippen molar-refractivity contribution < 1.29 is 22.1 Å². The van der Waals surface area contributed by atoms with Crippen LogP contribution in [0.1, 0.15) is 27.7 Å². The SMILES string of the molecule is CC(C)COP(=O)(CC(C)C)S(=O)(=O)O.[NaH]. The topological polar surface area (TPSA) is 80.7 Å². The molecule has 0 aliphatic rings. The normalized spacial score (nSPS) is 15.9. The zero-order valence-electron chi connectivity index (χ0n) is 9.50. The van der Waals surface area contributed by atoms with E-state index in [2.05, 4.69) is 0 Å². The van der Waals surface area contributed by atoms with Crippen LogP contribution in [0, 0.1) is 11.8 Å². The van der Waals surface area contributed by atoms with Crippen molar-refractivity contribution in [3.05, 3.63) is 0 Å². The van der Waals surface area contributed by atoms with Gasteiger partial charge in [0.15, 0.2) is 0 Å². The van der Waals surface area contributed by atoms with Crippen molar-refractivity contribution in [2.24, 2.45) is 11.8 Å². The van der Waals surface area contributed by atoms with Gasteiger partial charge in [-0.1, -0.05) is 27.7 Å². The molecule has 0 saturated carbocycles. The Bertz CT molecular complexity index is 338. The molecule has 1 atom stereocenters. The van der Waals surface area contributed by atoms with Crippen LogP contribution in [0.25, 0.3) is 0 Å². The van der Waals surface area contributed by atoms with Gasteiger partial charge >= 0.3 is 45.9 Å². The summed E-state index contributed by atoms with van der Waals surface area (Å²) in [4.78, 5) is 0. The zero-order chi connectivity index (χ0) is 12.3. The molecule has 0 saturated heterocycles. The van der Waals surface area contributed by atoms with E-state index in [1.165, 1.54) is 0 Å². The van der Waals surface area contributed by atoms with E-state index in [4.69, 9.17) is 9.08 Å². The molecule has 0 radical (unpaired) electrons. The van der Waals surface area contributed by atoms with Crippen LogP contribution in [0.3, 0.4) is 0 Å². The van der Waals surface area contributed by atoms with E-state index in [1.807, 2.05) is 13.8 Å². The van der Waals surface area contributed by atoms with E-state index in [9.17, 15) is 13.0 Å². The molecule has 0 aliphatic carbocycles. The molecule has 8 heteroatoms. The van der Waals surface area contributed by atoms with Gasteiger partial charge in [0, 0.05) is 6.16 Å². The van der Waals surface area contributed by atoms with Gasteiger partial charge in [-0.3, -0.25) is 9.12 Å². The van der Waals surface area contributed by atoms with Crippen LogP contribution in [0.4, 0.5) is 0 Å². The standard InChI is InChI=1S/C8H19O5PS.Na.H/c1-7(2)5-13-14(9,6-8(3)4)15(10,11)12;;/h7-8H,5-6H2,1-4H3,(H,10,11,12);;. The summed E-state index contributed by atoms with van der Waals surface area (Å²) in [6.45, 7) is 3.13. The fourth-order valence-electron chi connectivity index (χ4n) is 0.923. The van der Waals surface area contributed by atoms with Crippen LogP contribution in [-0.4, -0.2) is 55.3 Å². The second kappa shape index (κ2) is 7.52. The van der Waals surface area contributed by atoms with E-state index >= 15 is 0 Å². The summed E-state index contributed by atoms with van der Waals surface area (Å²) in [6.07, 6.45) is -0.154. The molecule has 0 aromatic rings. The predicted octanol–water partition coefficient (Wildman–Crippen LogP) is 1.75. The van der Waals surface area contributed by atoms with E-state index in [0.29, 0.717) is 0 Å². The fraction of sp³-hybridized carbons (Fsp3) is 1.00. The molecule has 16 heavy (non-hydrogen) atoms. The quantitative estimate of drug-likeness (QED) is 0.456. The van der Waals surface area contributed by atoms with Gasteiger partial charge in [-0.05, 0) is 11.8 Å². The third kappa shape index (κ3) is 6.74. The van der Waals surface area contributed by atoms with Crippen LogP contribution in [0.2, 0.25) is 0 Å². The molecule has 0 aromatic carbocycles. The third-order valence-electron chi connectivity index (χ3n) is 1.54. The van der Waals surface area contributed by atoms with Crippen LogP contribution in [-0.2, 0) is 18.8 Å². The molecule has 1 unspecified atom stereocenters. The maximum absolute atomic E-state index is 11.9. The minimum absolute atomic E-state index is 0. The molecular formula is C8H20NaO5PS. The molecule has 0 spiro atoms. The average molecular weight is 282 g/mol. The van der Waals surface area contributed by atoms with Crippen molar-refractivity contribution in [2.45, 2.75) is 27.7 Å². The van der Waals surface area contributed by atoms with Crippen molar-refractivity contribution in [1.29, 1.82) is 0 Å². The Morgan fingerprint density at radius 3 is 1.88 bits per heavy atom. The van der Waals surface area contributed by atoms with Gasteiger partial charge in [0.25, 0.3) is 0 Å². The second-order valence-corrected chi connectivity index (χ2v) is 10.1. The predicted molar refractivity (Wildman–Crippen MR) is 66.8 cm³/mol. The summed E-state index contributed by atoms with van der Waals surface area (Å²) in [6, 6.07) is 0. The fourth-order valence-corrected chi connectivity index (χ4v) is 4.81. The molecule has 0 amide bonds. The first kappa shape index (κ1) is 19.4. The Balaban J connectivity index is 0. The molecular weight excluding hydrogens is 262 g/mol. The van der Waals surface area contributed by atoms with Gasteiger partial charge in [0.05, 0.1) is 6.61 Å². The summed E-state index contributed by atoms with van der Waals surface area (Å²) >= 11 is 0. The van der Waals surface area contributed by atoms with Gasteiger partial charge in [0.1, 0.15) is 0 Å². The molecule has 0 heterocycles. The van der Waals surface area contributed by atoms with Crippen LogP contribution >= 0.6 is 6.57 Å². The molecule has 0 fully saturated rings. The van der Waals surface area contributed by atoms with E-state index < -0.39 is 16.3 Å². The Kier molecular flexibility index (Phi) is 9.13. The Morgan fingerprint density at radius 2 is 1.62 bits per heavy atom. The summed E-state index contributed by atoms with van der Waals surface area (Å²) < 4.78 is 47.6. The average Bonchev–Trinajstić information content (AvgIpc) is 1.97. The third-order valence-corrected chi connectivity index (χ3v) is 6.84. The van der Waals surface area contributed by atoms with Crippen molar-refractivity contribution in [2.75, 3.05) is 12.8 Å². The number of rotatable bonds is 6. The molecule has 0 rings (SSSR count). The molecule has 94 valence electrons.